The lowest BCUT2D eigenvalue weighted by Gasteiger charge is -2.41. The highest BCUT2D eigenvalue weighted by Gasteiger charge is 2.42. The van der Waals surface area contributed by atoms with E-state index in [-0.39, 0.29) is 0 Å². The quantitative estimate of drug-likeness (QED) is 0.896. The molecule has 0 atom stereocenters. The summed E-state index contributed by atoms with van der Waals surface area (Å²) in [6.07, 6.45) is 2.95. The first-order valence-corrected chi connectivity index (χ1v) is 6.49. The third kappa shape index (κ3) is 1.63. The number of hydrogen-bond donors (Lipinski definition) is 1. The highest BCUT2D eigenvalue weighted by molar-refractivity contribution is 6.32. The largest absolute Gasteiger partial charge is 0.495 e. The van der Waals surface area contributed by atoms with Crippen molar-refractivity contribution in [3.8, 4) is 17.2 Å². The molecule has 2 aliphatic rings. The second-order valence-electron chi connectivity index (χ2n) is 4.80. The molecule has 5 heteroatoms. The van der Waals surface area contributed by atoms with Crippen molar-refractivity contribution in [1.29, 1.82) is 0 Å². The molecule has 1 aliphatic carbocycles. The van der Waals surface area contributed by atoms with Crippen molar-refractivity contribution in [2.24, 2.45) is 5.73 Å². The zero-order chi connectivity index (χ0) is 12.8. The topological polar surface area (TPSA) is 53.7 Å². The van der Waals surface area contributed by atoms with Crippen LogP contribution in [0, 0.1) is 0 Å². The first-order valence-electron chi connectivity index (χ1n) is 6.11. The van der Waals surface area contributed by atoms with Gasteiger partial charge in [0.05, 0.1) is 17.7 Å². The van der Waals surface area contributed by atoms with Crippen LogP contribution in [-0.4, -0.2) is 20.3 Å². The number of benzene rings is 1. The Kier molecular flexibility index (Phi) is 2.79. The summed E-state index contributed by atoms with van der Waals surface area (Å²) >= 11 is 6.24. The fraction of sp³-hybridized carbons (Fsp3) is 0.538. The van der Waals surface area contributed by atoms with Crippen molar-refractivity contribution in [1.82, 2.24) is 0 Å². The Bertz CT molecular complexity index is 486. The van der Waals surface area contributed by atoms with Gasteiger partial charge < -0.3 is 19.9 Å². The maximum Gasteiger partial charge on any atom is 0.170 e. The molecule has 1 aromatic rings. The van der Waals surface area contributed by atoms with E-state index in [1.54, 1.807) is 13.2 Å². The number of rotatable bonds is 2. The molecule has 18 heavy (non-hydrogen) atoms. The summed E-state index contributed by atoms with van der Waals surface area (Å²) in [7, 11) is 1.60. The summed E-state index contributed by atoms with van der Waals surface area (Å²) in [4.78, 5) is 0. The lowest BCUT2D eigenvalue weighted by molar-refractivity contribution is 0.157. The zero-order valence-corrected chi connectivity index (χ0v) is 11.0. The number of fused-ring (bicyclic) bond motifs is 1. The molecule has 4 nitrogen and oxygen atoms in total. The Hall–Kier alpha value is -1.13. The van der Waals surface area contributed by atoms with Gasteiger partial charge in [-0.05, 0) is 19.3 Å². The molecule has 0 unspecified atom stereocenters. The minimum absolute atomic E-state index is 0.402. The fourth-order valence-electron chi connectivity index (χ4n) is 2.60. The van der Waals surface area contributed by atoms with Crippen molar-refractivity contribution in [3.63, 3.8) is 0 Å². The Balaban J connectivity index is 2.21. The average Bonchev–Trinajstić information content (AvgIpc) is 2.34. The van der Waals surface area contributed by atoms with Crippen LogP contribution in [0.15, 0.2) is 6.07 Å². The van der Waals surface area contributed by atoms with Crippen molar-refractivity contribution < 1.29 is 14.2 Å². The second kappa shape index (κ2) is 4.21. The van der Waals surface area contributed by atoms with Crippen LogP contribution in [0.5, 0.6) is 17.2 Å². The third-order valence-corrected chi connectivity index (χ3v) is 3.97. The molecule has 1 fully saturated rings. The predicted molar refractivity (Wildman–Crippen MR) is 68.7 cm³/mol. The Labute approximate surface area is 111 Å². The van der Waals surface area contributed by atoms with Gasteiger partial charge in [-0.2, -0.15) is 0 Å². The minimum Gasteiger partial charge on any atom is -0.495 e. The molecule has 1 aliphatic heterocycles. The van der Waals surface area contributed by atoms with Gasteiger partial charge in [-0.3, -0.25) is 0 Å². The van der Waals surface area contributed by atoms with Gasteiger partial charge in [0.1, 0.15) is 19.0 Å². The first kappa shape index (κ1) is 11.9. The van der Waals surface area contributed by atoms with E-state index in [0.717, 1.165) is 24.8 Å². The van der Waals surface area contributed by atoms with E-state index in [1.165, 1.54) is 0 Å². The van der Waals surface area contributed by atoms with E-state index < -0.39 is 5.54 Å². The normalized spacial score (nSPS) is 20.2. The van der Waals surface area contributed by atoms with Crippen LogP contribution in [0.1, 0.15) is 24.8 Å². The van der Waals surface area contributed by atoms with E-state index in [1.807, 2.05) is 0 Å². The molecule has 1 aromatic carbocycles. The second-order valence-corrected chi connectivity index (χ2v) is 5.21. The van der Waals surface area contributed by atoms with Gasteiger partial charge in [0.15, 0.2) is 11.5 Å². The summed E-state index contributed by atoms with van der Waals surface area (Å²) in [6.45, 7) is 1.06. The van der Waals surface area contributed by atoms with Crippen LogP contribution in [-0.2, 0) is 5.54 Å². The molecule has 98 valence electrons. The highest BCUT2D eigenvalue weighted by Crippen LogP contribution is 2.53. The lowest BCUT2D eigenvalue weighted by Crippen LogP contribution is -2.44. The van der Waals surface area contributed by atoms with E-state index in [4.69, 9.17) is 31.5 Å². The van der Waals surface area contributed by atoms with Crippen LogP contribution >= 0.6 is 11.6 Å². The number of methoxy groups -OCH3 is 1. The highest BCUT2D eigenvalue weighted by atomic mass is 35.5. The molecule has 0 bridgehead atoms. The van der Waals surface area contributed by atoms with Crippen LogP contribution in [0.4, 0.5) is 0 Å². The van der Waals surface area contributed by atoms with Gasteiger partial charge in [-0.1, -0.05) is 11.6 Å². The van der Waals surface area contributed by atoms with Crippen LogP contribution in [0.25, 0.3) is 0 Å². The van der Waals surface area contributed by atoms with Crippen molar-refractivity contribution >= 4 is 11.6 Å². The van der Waals surface area contributed by atoms with E-state index in [2.05, 4.69) is 0 Å². The van der Waals surface area contributed by atoms with Gasteiger partial charge in [0.2, 0.25) is 0 Å². The standard InChI is InChI=1S/C13H16ClNO3/c1-16-11-8(14)7-9-12(18-6-5-17-9)10(11)13(15)3-2-4-13/h7H,2-6,15H2,1H3. The number of nitrogens with two attached hydrogens (primary N) is 1. The Morgan fingerprint density at radius 1 is 1.33 bits per heavy atom. The lowest BCUT2D eigenvalue weighted by atomic mass is 9.72. The molecular formula is C13H16ClNO3. The molecule has 2 N–H and O–H groups in total. The Morgan fingerprint density at radius 2 is 2.06 bits per heavy atom. The summed E-state index contributed by atoms with van der Waals surface area (Å²) in [5.74, 6) is 1.98. The van der Waals surface area contributed by atoms with Gasteiger partial charge >= 0.3 is 0 Å². The predicted octanol–water partition coefficient (Wildman–Crippen LogP) is 2.46. The molecule has 0 radical (unpaired) electrons. The molecule has 3 rings (SSSR count). The maximum atomic E-state index is 6.42. The smallest absolute Gasteiger partial charge is 0.170 e. The molecule has 0 amide bonds. The zero-order valence-electron chi connectivity index (χ0n) is 10.3. The van der Waals surface area contributed by atoms with E-state index >= 15 is 0 Å². The van der Waals surface area contributed by atoms with Crippen molar-refractivity contribution in [2.45, 2.75) is 24.8 Å². The van der Waals surface area contributed by atoms with Gasteiger partial charge in [0.25, 0.3) is 0 Å². The number of halogens is 1. The van der Waals surface area contributed by atoms with E-state index in [0.29, 0.717) is 35.5 Å². The van der Waals surface area contributed by atoms with Gasteiger partial charge in [-0.25, -0.2) is 0 Å². The van der Waals surface area contributed by atoms with Crippen LogP contribution < -0.4 is 19.9 Å². The summed E-state index contributed by atoms with van der Waals surface area (Å²) in [5.41, 5.74) is 6.88. The molecule has 1 saturated carbocycles. The van der Waals surface area contributed by atoms with E-state index in [9.17, 15) is 0 Å². The van der Waals surface area contributed by atoms with Gasteiger partial charge in [0, 0.05) is 11.6 Å². The molecule has 1 heterocycles. The third-order valence-electron chi connectivity index (χ3n) is 3.69. The fourth-order valence-corrected chi connectivity index (χ4v) is 2.87. The van der Waals surface area contributed by atoms with Crippen molar-refractivity contribution in [2.75, 3.05) is 20.3 Å². The SMILES string of the molecule is COc1c(Cl)cc2c(c1C1(N)CCC1)OCCO2. The number of ether oxygens (including phenoxy) is 3. The van der Waals surface area contributed by atoms with Gasteiger partial charge in [-0.15, -0.1) is 0 Å². The average molecular weight is 270 g/mol. The maximum absolute atomic E-state index is 6.42. The summed E-state index contributed by atoms with van der Waals surface area (Å²) in [6, 6.07) is 1.74. The summed E-state index contributed by atoms with van der Waals surface area (Å²) < 4.78 is 16.7. The minimum atomic E-state index is -0.402. The van der Waals surface area contributed by atoms with Crippen LogP contribution in [0.2, 0.25) is 5.02 Å². The Morgan fingerprint density at radius 3 is 2.67 bits per heavy atom. The molecule has 0 aromatic heterocycles. The first-order chi connectivity index (χ1) is 8.65. The van der Waals surface area contributed by atoms with Crippen molar-refractivity contribution in [3.05, 3.63) is 16.7 Å². The molecule has 0 saturated heterocycles. The molecule has 0 spiro atoms. The number of hydrogen-bond acceptors (Lipinski definition) is 4. The monoisotopic (exact) mass is 269 g/mol. The summed E-state index contributed by atoms with van der Waals surface area (Å²) in [5, 5.41) is 0.522. The molecular weight excluding hydrogens is 254 g/mol. The van der Waals surface area contributed by atoms with Crippen LogP contribution in [0.3, 0.4) is 0 Å².